The van der Waals surface area contributed by atoms with E-state index in [1.54, 1.807) is 72.8 Å². The van der Waals surface area contributed by atoms with Gasteiger partial charge in [-0.05, 0) is 53.1 Å². The maximum Gasteiger partial charge on any atom is 0.406 e. The monoisotopic (exact) mass is 969 g/mol. The van der Waals surface area contributed by atoms with E-state index in [1.807, 2.05) is 196 Å². The van der Waals surface area contributed by atoms with Crippen LogP contribution in [0, 0.1) is 0 Å². The van der Waals surface area contributed by atoms with Crippen LogP contribution in [0.25, 0.3) is 85.4 Å². The molecule has 0 spiro atoms. The SMILES string of the molecule is FC(F)(F)C(c1ccc(-n2c(-c3ccccc3)nnc2-c2ccccc2)cc1)(c1ccc(-n2c(-c3ccccc3)nnc2-c2ccccc2)cc1)c1ccc(-n2c(-c3ccccc3)nnc2-c2ccccc2)cc1. The van der Waals surface area contributed by atoms with Crippen LogP contribution in [-0.2, 0) is 5.41 Å². The Hall–Kier alpha value is -9.81. The van der Waals surface area contributed by atoms with Gasteiger partial charge in [0.2, 0.25) is 0 Å². The molecule has 356 valence electrons. The third-order valence-corrected chi connectivity index (χ3v) is 13.3. The second-order valence-electron chi connectivity index (χ2n) is 17.6. The minimum absolute atomic E-state index is 0.00309. The van der Waals surface area contributed by atoms with E-state index >= 15 is 13.2 Å². The van der Waals surface area contributed by atoms with E-state index in [9.17, 15) is 0 Å². The molecule has 0 N–H and O–H groups in total. The number of hydrogen-bond donors (Lipinski definition) is 0. The van der Waals surface area contributed by atoms with Crippen molar-refractivity contribution in [2.45, 2.75) is 11.6 Å². The maximum absolute atomic E-state index is 17.2. The first kappa shape index (κ1) is 45.3. The molecule has 3 aromatic heterocycles. The number of rotatable bonds is 12. The Balaban J connectivity index is 1.05. The fourth-order valence-corrected chi connectivity index (χ4v) is 9.80. The van der Waals surface area contributed by atoms with Gasteiger partial charge in [0.15, 0.2) is 34.9 Å². The maximum atomic E-state index is 17.2. The van der Waals surface area contributed by atoms with Gasteiger partial charge >= 0.3 is 6.18 Å². The van der Waals surface area contributed by atoms with Crippen LogP contribution in [0.4, 0.5) is 13.2 Å². The fraction of sp³-hybridized carbons (Fsp3) is 0.0323. The minimum atomic E-state index is -4.89. The molecular weight excluding hydrogens is 928 g/mol. The molecule has 12 heteroatoms. The molecule has 12 aromatic rings. The lowest BCUT2D eigenvalue weighted by atomic mass is 9.68. The van der Waals surface area contributed by atoms with Gasteiger partial charge in [-0.25, -0.2) is 0 Å². The summed E-state index contributed by atoms with van der Waals surface area (Å²) in [7, 11) is 0. The van der Waals surface area contributed by atoms with Gasteiger partial charge in [0.25, 0.3) is 0 Å². The van der Waals surface area contributed by atoms with Crippen LogP contribution in [-0.4, -0.2) is 50.5 Å². The fourth-order valence-electron chi connectivity index (χ4n) is 9.80. The average molecular weight is 970 g/mol. The lowest BCUT2D eigenvalue weighted by molar-refractivity contribution is -0.166. The molecule has 0 aliphatic heterocycles. The number of halogens is 3. The molecule has 0 amide bonds. The highest BCUT2D eigenvalue weighted by molar-refractivity contribution is 5.71. The summed E-state index contributed by atoms with van der Waals surface area (Å²) >= 11 is 0. The van der Waals surface area contributed by atoms with Crippen LogP contribution < -0.4 is 0 Å². The first-order chi connectivity index (χ1) is 36.4. The Kier molecular flexibility index (Phi) is 11.7. The summed E-state index contributed by atoms with van der Waals surface area (Å²) in [6.07, 6.45) is -4.89. The molecule has 74 heavy (non-hydrogen) atoms. The molecule has 0 aliphatic rings. The third kappa shape index (κ3) is 8.04. The Bertz CT molecular complexity index is 3260. The molecule has 0 aliphatic carbocycles. The first-order valence-corrected chi connectivity index (χ1v) is 23.9. The van der Waals surface area contributed by atoms with Crippen molar-refractivity contribution in [1.82, 2.24) is 44.3 Å². The van der Waals surface area contributed by atoms with E-state index in [0.29, 0.717) is 52.0 Å². The van der Waals surface area contributed by atoms with Gasteiger partial charge < -0.3 is 0 Å². The molecule has 0 saturated heterocycles. The normalized spacial score (nSPS) is 11.7. The predicted molar refractivity (Wildman–Crippen MR) is 283 cm³/mol. The van der Waals surface area contributed by atoms with Crippen LogP contribution in [0.2, 0.25) is 0 Å². The quantitative estimate of drug-likeness (QED) is 0.113. The van der Waals surface area contributed by atoms with Crippen LogP contribution in [0.15, 0.2) is 255 Å². The predicted octanol–water partition coefficient (Wildman–Crippen LogP) is 14.3. The van der Waals surface area contributed by atoms with Gasteiger partial charge in [-0.3, -0.25) is 13.7 Å². The number of benzene rings is 9. The molecule has 0 radical (unpaired) electrons. The molecule has 9 aromatic carbocycles. The highest BCUT2D eigenvalue weighted by atomic mass is 19.4. The first-order valence-electron chi connectivity index (χ1n) is 23.9. The van der Waals surface area contributed by atoms with E-state index in [-0.39, 0.29) is 16.7 Å². The Morgan fingerprint density at radius 3 is 0.568 bits per heavy atom. The van der Waals surface area contributed by atoms with Crippen LogP contribution in [0.1, 0.15) is 16.7 Å². The summed E-state index contributed by atoms with van der Waals surface area (Å²) in [5, 5.41) is 27.7. The Labute approximate surface area is 424 Å². The van der Waals surface area contributed by atoms with Crippen LogP contribution >= 0.6 is 0 Å². The molecule has 12 rings (SSSR count). The van der Waals surface area contributed by atoms with Gasteiger partial charge in [0, 0.05) is 50.4 Å². The van der Waals surface area contributed by atoms with Crippen molar-refractivity contribution in [2.75, 3.05) is 0 Å². The van der Waals surface area contributed by atoms with Crippen molar-refractivity contribution in [3.8, 4) is 85.4 Å². The summed E-state index contributed by atoms with van der Waals surface area (Å²) in [5.74, 6) is 3.27. The second-order valence-corrected chi connectivity index (χ2v) is 17.6. The summed E-state index contributed by atoms with van der Waals surface area (Å²) in [5.41, 5.74) is 3.87. The Morgan fingerprint density at radius 2 is 0.405 bits per heavy atom. The van der Waals surface area contributed by atoms with Crippen molar-refractivity contribution >= 4 is 0 Å². The van der Waals surface area contributed by atoms with Crippen molar-refractivity contribution < 1.29 is 13.2 Å². The molecule has 0 fully saturated rings. The lowest BCUT2D eigenvalue weighted by Gasteiger charge is -2.38. The Morgan fingerprint density at radius 1 is 0.230 bits per heavy atom. The highest BCUT2D eigenvalue weighted by Gasteiger charge is 2.58. The van der Waals surface area contributed by atoms with Gasteiger partial charge in [-0.2, -0.15) is 13.2 Å². The lowest BCUT2D eigenvalue weighted by Crippen LogP contribution is -2.44. The van der Waals surface area contributed by atoms with Crippen molar-refractivity contribution in [3.05, 3.63) is 271 Å². The standard InChI is InChI=1S/C62H42F3N9/c63-62(64,65)61(49-31-37-52(38-32-49)72-55(43-19-7-1-8-20-43)66-67-56(72)44-21-9-2-10-22-44,50-33-39-53(40-34-50)73-57(45-23-11-3-12-24-45)68-69-58(73)46-25-13-4-14-26-46)51-35-41-54(42-36-51)74-59(47-27-15-5-16-28-47)70-71-60(74)48-29-17-6-18-30-48/h1-42H. The van der Waals surface area contributed by atoms with Crippen LogP contribution in [0.5, 0.6) is 0 Å². The van der Waals surface area contributed by atoms with Crippen molar-refractivity contribution in [1.29, 1.82) is 0 Å². The van der Waals surface area contributed by atoms with Gasteiger partial charge in [0.1, 0.15) is 5.41 Å². The zero-order chi connectivity index (χ0) is 50.1. The summed E-state index contributed by atoms with van der Waals surface area (Å²) in [6, 6.07) is 77.3. The molecule has 0 unspecified atom stereocenters. The molecular formula is C62H42F3N9. The average Bonchev–Trinajstić information content (AvgIpc) is 4.24. The highest BCUT2D eigenvalue weighted by Crippen LogP contribution is 2.52. The smallest absolute Gasteiger partial charge is 0.275 e. The summed E-state index contributed by atoms with van der Waals surface area (Å²) in [4.78, 5) is 0. The number of aromatic nitrogens is 9. The van der Waals surface area contributed by atoms with Gasteiger partial charge in [-0.15, -0.1) is 30.6 Å². The van der Waals surface area contributed by atoms with E-state index in [4.69, 9.17) is 0 Å². The van der Waals surface area contributed by atoms with E-state index in [1.165, 1.54) is 0 Å². The summed E-state index contributed by atoms with van der Waals surface area (Å²) in [6.45, 7) is 0. The van der Waals surface area contributed by atoms with Gasteiger partial charge in [-0.1, -0.05) is 218 Å². The number of nitrogens with zero attached hydrogens (tertiary/aromatic N) is 9. The summed E-state index contributed by atoms with van der Waals surface area (Å²) < 4.78 is 57.2. The topological polar surface area (TPSA) is 92.1 Å². The number of alkyl halides is 3. The molecule has 0 atom stereocenters. The second kappa shape index (κ2) is 19.1. The van der Waals surface area contributed by atoms with E-state index in [0.717, 1.165) is 33.4 Å². The van der Waals surface area contributed by atoms with Crippen molar-refractivity contribution in [3.63, 3.8) is 0 Å². The molecule has 0 saturated carbocycles. The van der Waals surface area contributed by atoms with Gasteiger partial charge in [0.05, 0.1) is 0 Å². The van der Waals surface area contributed by atoms with Crippen molar-refractivity contribution in [2.24, 2.45) is 0 Å². The molecule has 0 bridgehead atoms. The van der Waals surface area contributed by atoms with E-state index in [2.05, 4.69) is 30.6 Å². The van der Waals surface area contributed by atoms with E-state index < -0.39 is 11.6 Å². The molecule has 3 heterocycles. The zero-order valence-corrected chi connectivity index (χ0v) is 39.4. The molecule has 9 nitrogen and oxygen atoms in total. The minimum Gasteiger partial charge on any atom is -0.275 e. The zero-order valence-electron chi connectivity index (χ0n) is 39.4. The third-order valence-electron chi connectivity index (χ3n) is 13.3. The largest absolute Gasteiger partial charge is 0.406 e. The van der Waals surface area contributed by atoms with Crippen LogP contribution in [0.3, 0.4) is 0 Å². The number of hydrogen-bond acceptors (Lipinski definition) is 6.